The Morgan fingerprint density at radius 1 is 1.27 bits per heavy atom. The molecule has 0 aliphatic rings. The molecule has 1 aromatic carbocycles. The predicted molar refractivity (Wildman–Crippen MR) is 57.6 cm³/mol. The fraction of sp³-hybridized carbons (Fsp3) is 0.333. The lowest BCUT2D eigenvalue weighted by atomic mass is 10.2. The van der Waals surface area contributed by atoms with E-state index in [1.165, 1.54) is 5.56 Å². The van der Waals surface area contributed by atoms with Gasteiger partial charge in [0, 0.05) is 5.75 Å². The third-order valence-corrected chi connectivity index (χ3v) is 4.00. The third kappa shape index (κ3) is 2.11. The van der Waals surface area contributed by atoms with Crippen molar-refractivity contribution in [3.8, 4) is 0 Å². The SMILES string of the molecule is C[SiH](C)c1ccccc1CS. The van der Waals surface area contributed by atoms with Crippen molar-refractivity contribution < 1.29 is 0 Å². The van der Waals surface area contributed by atoms with Crippen LogP contribution in [0, 0.1) is 0 Å². The molecule has 0 aliphatic carbocycles. The molecule has 0 spiro atoms. The molecule has 1 aromatic rings. The van der Waals surface area contributed by atoms with Crippen LogP contribution in [0.2, 0.25) is 13.1 Å². The van der Waals surface area contributed by atoms with Crippen LogP contribution >= 0.6 is 12.6 Å². The summed E-state index contributed by atoms with van der Waals surface area (Å²) in [7, 11) is -0.635. The Morgan fingerprint density at radius 3 is 2.36 bits per heavy atom. The zero-order chi connectivity index (χ0) is 8.27. The Labute approximate surface area is 75.7 Å². The molecule has 1 rings (SSSR count). The van der Waals surface area contributed by atoms with Gasteiger partial charge in [-0.05, 0) is 5.56 Å². The molecule has 0 amide bonds. The second kappa shape index (κ2) is 3.98. The van der Waals surface area contributed by atoms with Gasteiger partial charge in [-0.3, -0.25) is 0 Å². The molecule has 60 valence electrons. The first-order valence-electron chi connectivity index (χ1n) is 3.94. The summed E-state index contributed by atoms with van der Waals surface area (Å²) < 4.78 is 0. The highest BCUT2D eigenvalue weighted by Crippen LogP contribution is 2.01. The molecule has 0 saturated heterocycles. The number of hydrogen-bond donors (Lipinski definition) is 1. The quantitative estimate of drug-likeness (QED) is 0.523. The van der Waals surface area contributed by atoms with Crippen LogP contribution in [0.1, 0.15) is 5.56 Å². The number of hydrogen-bond acceptors (Lipinski definition) is 1. The van der Waals surface area contributed by atoms with Gasteiger partial charge in [0.1, 0.15) is 0 Å². The lowest BCUT2D eigenvalue weighted by Crippen LogP contribution is -2.25. The Morgan fingerprint density at radius 2 is 1.91 bits per heavy atom. The Hall–Kier alpha value is -0.213. The van der Waals surface area contributed by atoms with Crippen molar-refractivity contribution in [1.82, 2.24) is 0 Å². The van der Waals surface area contributed by atoms with Gasteiger partial charge >= 0.3 is 0 Å². The molecule has 0 atom stereocenters. The molecule has 0 N–H and O–H groups in total. The summed E-state index contributed by atoms with van der Waals surface area (Å²) in [4.78, 5) is 0. The van der Waals surface area contributed by atoms with E-state index in [1.54, 1.807) is 5.19 Å². The molecule has 2 heteroatoms. The van der Waals surface area contributed by atoms with E-state index in [9.17, 15) is 0 Å². The third-order valence-electron chi connectivity index (χ3n) is 1.85. The van der Waals surface area contributed by atoms with Crippen molar-refractivity contribution >= 4 is 26.6 Å². The number of benzene rings is 1. The van der Waals surface area contributed by atoms with E-state index < -0.39 is 8.80 Å². The van der Waals surface area contributed by atoms with Gasteiger partial charge in [-0.25, -0.2) is 0 Å². The van der Waals surface area contributed by atoms with E-state index in [0.29, 0.717) is 0 Å². The van der Waals surface area contributed by atoms with E-state index in [2.05, 4.69) is 50.0 Å². The number of thiol groups is 1. The van der Waals surface area contributed by atoms with Crippen molar-refractivity contribution in [2.75, 3.05) is 0 Å². The molecule has 0 aromatic heterocycles. The van der Waals surface area contributed by atoms with Crippen molar-refractivity contribution in [3.63, 3.8) is 0 Å². The highest BCUT2D eigenvalue weighted by molar-refractivity contribution is 7.79. The maximum absolute atomic E-state index is 4.30. The van der Waals surface area contributed by atoms with Crippen molar-refractivity contribution in [2.45, 2.75) is 18.8 Å². The van der Waals surface area contributed by atoms with Gasteiger partial charge in [-0.15, -0.1) is 0 Å². The lowest BCUT2D eigenvalue weighted by molar-refractivity contribution is 1.46. The van der Waals surface area contributed by atoms with Gasteiger partial charge in [0.15, 0.2) is 0 Å². The van der Waals surface area contributed by atoms with E-state index in [0.717, 1.165) is 5.75 Å². The van der Waals surface area contributed by atoms with Crippen LogP contribution in [-0.4, -0.2) is 8.80 Å². The lowest BCUT2D eigenvalue weighted by Gasteiger charge is -2.08. The van der Waals surface area contributed by atoms with Crippen LogP contribution in [0.3, 0.4) is 0 Å². The minimum absolute atomic E-state index is 0.635. The maximum atomic E-state index is 4.30. The second-order valence-corrected chi connectivity index (χ2v) is 6.26. The smallest absolute Gasteiger partial charge is 0.0651 e. The maximum Gasteiger partial charge on any atom is 0.0651 e. The van der Waals surface area contributed by atoms with Gasteiger partial charge in [-0.1, -0.05) is 42.5 Å². The summed E-state index contributed by atoms with van der Waals surface area (Å²) in [5.74, 6) is 0.876. The monoisotopic (exact) mass is 182 g/mol. The van der Waals surface area contributed by atoms with E-state index >= 15 is 0 Å². The minimum Gasteiger partial charge on any atom is -0.175 e. The number of rotatable bonds is 2. The average Bonchev–Trinajstić information content (AvgIpc) is 2.04. The van der Waals surface area contributed by atoms with Crippen LogP contribution in [0.4, 0.5) is 0 Å². The molecule has 0 bridgehead atoms. The van der Waals surface area contributed by atoms with Crippen LogP contribution in [0.15, 0.2) is 24.3 Å². The first-order valence-corrected chi connectivity index (χ1v) is 7.46. The first kappa shape index (κ1) is 8.88. The summed E-state index contributed by atoms with van der Waals surface area (Å²) >= 11 is 4.30. The molecule has 0 aliphatic heterocycles. The molecular formula is C9H14SSi. The standard InChI is InChI=1S/C9H14SSi/c1-11(2)9-6-4-3-5-8(9)7-10/h3-6,10-11H,7H2,1-2H3. The van der Waals surface area contributed by atoms with Crippen LogP contribution in [0.5, 0.6) is 0 Å². The first-order chi connectivity index (χ1) is 5.25. The van der Waals surface area contributed by atoms with Gasteiger partial charge in [0.25, 0.3) is 0 Å². The zero-order valence-electron chi connectivity index (χ0n) is 7.04. The van der Waals surface area contributed by atoms with E-state index in [-0.39, 0.29) is 0 Å². The van der Waals surface area contributed by atoms with Gasteiger partial charge in [-0.2, -0.15) is 12.6 Å². The summed E-state index contributed by atoms with van der Waals surface area (Å²) in [6, 6.07) is 8.62. The molecule has 0 nitrogen and oxygen atoms in total. The Kier molecular flexibility index (Phi) is 3.21. The molecule has 0 fully saturated rings. The fourth-order valence-corrected chi connectivity index (χ4v) is 3.14. The molecule has 11 heavy (non-hydrogen) atoms. The second-order valence-electron chi connectivity index (χ2n) is 3.01. The van der Waals surface area contributed by atoms with Gasteiger partial charge in [0.2, 0.25) is 0 Å². The molecule has 0 radical (unpaired) electrons. The van der Waals surface area contributed by atoms with Crippen LogP contribution < -0.4 is 5.19 Å². The minimum atomic E-state index is -0.635. The van der Waals surface area contributed by atoms with E-state index in [4.69, 9.17) is 0 Å². The topological polar surface area (TPSA) is 0 Å². The fourth-order valence-electron chi connectivity index (χ4n) is 1.24. The normalized spacial score (nSPS) is 10.5. The van der Waals surface area contributed by atoms with Crippen LogP contribution in [-0.2, 0) is 5.75 Å². The molecule has 0 unspecified atom stereocenters. The Balaban J connectivity index is 3.02. The Bertz CT molecular complexity index is 233. The molecule has 0 heterocycles. The summed E-state index contributed by atoms with van der Waals surface area (Å²) in [6.07, 6.45) is 0. The van der Waals surface area contributed by atoms with E-state index in [1.807, 2.05) is 0 Å². The molecule has 0 saturated carbocycles. The van der Waals surface area contributed by atoms with Crippen LogP contribution in [0.25, 0.3) is 0 Å². The predicted octanol–water partition coefficient (Wildman–Crippen LogP) is 1.81. The summed E-state index contributed by atoms with van der Waals surface area (Å²) in [5, 5.41) is 1.56. The van der Waals surface area contributed by atoms with Gasteiger partial charge < -0.3 is 0 Å². The summed E-state index contributed by atoms with van der Waals surface area (Å²) in [6.45, 7) is 4.70. The largest absolute Gasteiger partial charge is 0.175 e. The highest BCUT2D eigenvalue weighted by Gasteiger charge is 2.03. The van der Waals surface area contributed by atoms with Crippen molar-refractivity contribution in [2.24, 2.45) is 0 Å². The summed E-state index contributed by atoms with van der Waals surface area (Å²) in [5.41, 5.74) is 1.41. The molecular weight excluding hydrogens is 168 g/mol. The van der Waals surface area contributed by atoms with Crippen molar-refractivity contribution in [3.05, 3.63) is 29.8 Å². The zero-order valence-corrected chi connectivity index (χ0v) is 9.09. The highest BCUT2D eigenvalue weighted by atomic mass is 32.1. The van der Waals surface area contributed by atoms with Gasteiger partial charge in [0.05, 0.1) is 8.80 Å². The van der Waals surface area contributed by atoms with Crippen molar-refractivity contribution in [1.29, 1.82) is 0 Å². The average molecular weight is 182 g/mol.